The third-order valence-electron chi connectivity index (χ3n) is 2.73. The lowest BCUT2D eigenvalue weighted by Gasteiger charge is -2.19. The van der Waals surface area contributed by atoms with Gasteiger partial charge in [0.2, 0.25) is 0 Å². The SMILES string of the molecule is CC(=O)O[C@H]1Cc2ccccc2[C@@H]1OC(C)=O. The lowest BCUT2D eigenvalue weighted by molar-refractivity contribution is -0.164. The van der Waals surface area contributed by atoms with Crippen LogP contribution in [0.1, 0.15) is 31.1 Å². The molecule has 4 heteroatoms. The zero-order valence-electron chi connectivity index (χ0n) is 9.80. The Morgan fingerprint density at radius 2 is 1.76 bits per heavy atom. The molecular formula is C13H14O4. The molecule has 1 aromatic rings. The summed E-state index contributed by atoms with van der Waals surface area (Å²) in [5.74, 6) is -0.733. The van der Waals surface area contributed by atoms with E-state index in [2.05, 4.69) is 0 Å². The summed E-state index contributed by atoms with van der Waals surface area (Å²) in [6, 6.07) is 7.65. The molecule has 0 heterocycles. The minimum atomic E-state index is -0.479. The highest BCUT2D eigenvalue weighted by molar-refractivity contribution is 5.68. The highest BCUT2D eigenvalue weighted by Gasteiger charge is 2.36. The van der Waals surface area contributed by atoms with Gasteiger partial charge in [0.25, 0.3) is 0 Å². The first-order valence-corrected chi connectivity index (χ1v) is 5.50. The molecule has 0 saturated heterocycles. The number of fused-ring (bicyclic) bond motifs is 1. The molecule has 90 valence electrons. The third kappa shape index (κ3) is 2.46. The second kappa shape index (κ2) is 4.57. The quantitative estimate of drug-likeness (QED) is 0.732. The van der Waals surface area contributed by atoms with Crippen LogP contribution in [0.15, 0.2) is 24.3 Å². The summed E-state index contributed by atoms with van der Waals surface area (Å²) < 4.78 is 10.4. The summed E-state index contributed by atoms with van der Waals surface area (Å²) in [7, 11) is 0. The second-order valence-corrected chi connectivity index (χ2v) is 4.08. The molecule has 0 amide bonds. The second-order valence-electron chi connectivity index (χ2n) is 4.08. The maximum Gasteiger partial charge on any atom is 0.303 e. The van der Waals surface area contributed by atoms with Gasteiger partial charge in [-0.3, -0.25) is 9.59 Å². The zero-order valence-corrected chi connectivity index (χ0v) is 9.80. The largest absolute Gasteiger partial charge is 0.458 e. The van der Waals surface area contributed by atoms with Crippen LogP contribution in [0.3, 0.4) is 0 Å². The standard InChI is InChI=1S/C13H14O4/c1-8(14)16-12-7-10-5-3-4-6-11(10)13(12)17-9(2)15/h3-6,12-13H,7H2,1-2H3/t12-,13-/m0/s1. The van der Waals surface area contributed by atoms with Gasteiger partial charge < -0.3 is 9.47 Å². The Kier molecular flexibility index (Phi) is 3.13. The summed E-state index contributed by atoms with van der Waals surface area (Å²) >= 11 is 0. The normalized spacial score (nSPS) is 21.8. The van der Waals surface area contributed by atoms with Crippen molar-refractivity contribution in [1.29, 1.82) is 0 Å². The van der Waals surface area contributed by atoms with Gasteiger partial charge >= 0.3 is 11.9 Å². The van der Waals surface area contributed by atoms with E-state index in [0.717, 1.165) is 11.1 Å². The predicted octanol–water partition coefficient (Wildman–Crippen LogP) is 1.78. The molecule has 0 N–H and O–H groups in total. The molecule has 0 aromatic heterocycles. The van der Waals surface area contributed by atoms with Crippen molar-refractivity contribution in [1.82, 2.24) is 0 Å². The fraction of sp³-hybridized carbons (Fsp3) is 0.385. The summed E-state index contributed by atoms with van der Waals surface area (Å²) in [5.41, 5.74) is 1.99. The van der Waals surface area contributed by atoms with Crippen LogP contribution in [-0.4, -0.2) is 18.0 Å². The molecule has 2 rings (SSSR count). The lowest BCUT2D eigenvalue weighted by Crippen LogP contribution is -2.24. The maximum absolute atomic E-state index is 11.1. The van der Waals surface area contributed by atoms with Gasteiger partial charge in [-0.1, -0.05) is 24.3 Å². The van der Waals surface area contributed by atoms with E-state index in [1.54, 1.807) is 0 Å². The summed E-state index contributed by atoms with van der Waals surface area (Å²) in [5, 5.41) is 0. The van der Waals surface area contributed by atoms with E-state index in [9.17, 15) is 9.59 Å². The van der Waals surface area contributed by atoms with Crippen molar-refractivity contribution in [2.45, 2.75) is 32.5 Å². The van der Waals surface area contributed by atoms with E-state index in [0.29, 0.717) is 6.42 Å². The number of benzene rings is 1. The van der Waals surface area contributed by atoms with E-state index in [1.165, 1.54) is 13.8 Å². The van der Waals surface area contributed by atoms with Gasteiger partial charge in [0.1, 0.15) is 6.10 Å². The molecule has 0 saturated carbocycles. The Bertz CT molecular complexity index is 452. The molecule has 17 heavy (non-hydrogen) atoms. The van der Waals surface area contributed by atoms with Crippen molar-refractivity contribution in [3.05, 3.63) is 35.4 Å². The van der Waals surface area contributed by atoms with Gasteiger partial charge in [0.05, 0.1) is 0 Å². The highest BCUT2D eigenvalue weighted by atomic mass is 16.6. The van der Waals surface area contributed by atoms with Crippen LogP contribution >= 0.6 is 0 Å². The van der Waals surface area contributed by atoms with Crippen molar-refractivity contribution >= 4 is 11.9 Å². The fourth-order valence-electron chi connectivity index (χ4n) is 2.16. The van der Waals surface area contributed by atoms with Gasteiger partial charge in [0.15, 0.2) is 6.10 Å². The molecular weight excluding hydrogens is 220 g/mol. The summed E-state index contributed by atoms with van der Waals surface area (Å²) in [4.78, 5) is 22.1. The van der Waals surface area contributed by atoms with Crippen LogP contribution in [0.2, 0.25) is 0 Å². The number of esters is 2. The van der Waals surface area contributed by atoms with Gasteiger partial charge in [-0.15, -0.1) is 0 Å². The predicted molar refractivity (Wildman–Crippen MR) is 60.2 cm³/mol. The minimum Gasteiger partial charge on any atom is -0.458 e. The Hall–Kier alpha value is -1.84. The maximum atomic E-state index is 11.1. The van der Waals surface area contributed by atoms with E-state index >= 15 is 0 Å². The molecule has 0 unspecified atom stereocenters. The van der Waals surface area contributed by atoms with Crippen LogP contribution in [-0.2, 0) is 25.5 Å². The Balaban J connectivity index is 2.26. The molecule has 0 spiro atoms. The van der Waals surface area contributed by atoms with Gasteiger partial charge in [-0.25, -0.2) is 0 Å². The number of ether oxygens (including phenoxy) is 2. The number of rotatable bonds is 2. The van der Waals surface area contributed by atoms with E-state index < -0.39 is 12.2 Å². The molecule has 0 bridgehead atoms. The van der Waals surface area contributed by atoms with Crippen LogP contribution in [0.4, 0.5) is 0 Å². The third-order valence-corrected chi connectivity index (χ3v) is 2.73. The van der Waals surface area contributed by atoms with E-state index in [4.69, 9.17) is 9.47 Å². The number of carbonyl (C=O) groups excluding carboxylic acids is 2. The minimum absolute atomic E-state index is 0.361. The Labute approximate surface area is 99.5 Å². The fourth-order valence-corrected chi connectivity index (χ4v) is 2.16. The van der Waals surface area contributed by atoms with Crippen molar-refractivity contribution in [2.24, 2.45) is 0 Å². The topological polar surface area (TPSA) is 52.6 Å². The molecule has 0 aliphatic heterocycles. The van der Waals surface area contributed by atoms with Gasteiger partial charge in [-0.05, 0) is 11.1 Å². The first kappa shape index (κ1) is 11.6. The number of hydrogen-bond acceptors (Lipinski definition) is 4. The summed E-state index contributed by atoms with van der Waals surface area (Å²) in [6.45, 7) is 2.71. The van der Waals surface area contributed by atoms with Crippen LogP contribution < -0.4 is 0 Å². The van der Waals surface area contributed by atoms with E-state index in [-0.39, 0.29) is 11.9 Å². The number of carbonyl (C=O) groups is 2. The average molecular weight is 234 g/mol. The molecule has 1 aliphatic rings. The highest BCUT2D eigenvalue weighted by Crippen LogP contribution is 2.36. The van der Waals surface area contributed by atoms with Crippen LogP contribution in [0.25, 0.3) is 0 Å². The molecule has 0 radical (unpaired) electrons. The molecule has 4 nitrogen and oxygen atoms in total. The Morgan fingerprint density at radius 3 is 2.41 bits per heavy atom. The Morgan fingerprint density at radius 1 is 1.12 bits per heavy atom. The van der Waals surface area contributed by atoms with Crippen LogP contribution in [0.5, 0.6) is 0 Å². The van der Waals surface area contributed by atoms with Crippen LogP contribution in [0, 0.1) is 0 Å². The molecule has 2 atom stereocenters. The molecule has 1 aromatic carbocycles. The van der Waals surface area contributed by atoms with E-state index in [1.807, 2.05) is 24.3 Å². The van der Waals surface area contributed by atoms with Crippen molar-refractivity contribution in [3.8, 4) is 0 Å². The van der Waals surface area contributed by atoms with Gasteiger partial charge in [0, 0.05) is 20.3 Å². The molecule has 0 fully saturated rings. The zero-order chi connectivity index (χ0) is 12.4. The smallest absolute Gasteiger partial charge is 0.303 e. The first-order valence-electron chi connectivity index (χ1n) is 5.50. The molecule has 1 aliphatic carbocycles. The average Bonchev–Trinajstić information content (AvgIpc) is 2.55. The number of hydrogen-bond donors (Lipinski definition) is 0. The van der Waals surface area contributed by atoms with Crippen molar-refractivity contribution in [2.75, 3.05) is 0 Å². The monoisotopic (exact) mass is 234 g/mol. The first-order chi connectivity index (χ1) is 8.08. The summed E-state index contributed by atoms with van der Waals surface area (Å²) in [6.07, 6.45) is -0.297. The van der Waals surface area contributed by atoms with Crippen molar-refractivity contribution < 1.29 is 19.1 Å². The van der Waals surface area contributed by atoms with Gasteiger partial charge in [-0.2, -0.15) is 0 Å². The van der Waals surface area contributed by atoms with Crippen molar-refractivity contribution in [3.63, 3.8) is 0 Å². The lowest BCUT2D eigenvalue weighted by atomic mass is 10.1.